The van der Waals surface area contributed by atoms with Crippen LogP contribution in [0.4, 0.5) is 0 Å². The first kappa shape index (κ1) is 41.4. The number of aryl methyl sites for hydroxylation is 1. The van der Waals surface area contributed by atoms with Crippen LogP contribution < -0.4 is 42.0 Å². The molecule has 0 nitrogen and oxygen atoms in total. The van der Waals surface area contributed by atoms with Gasteiger partial charge in [0.1, 0.15) is 0 Å². The zero-order valence-corrected chi connectivity index (χ0v) is 23.7. The van der Waals surface area contributed by atoms with Gasteiger partial charge in [0, 0.05) is 14.9 Å². The molecule has 0 saturated heterocycles. The van der Waals surface area contributed by atoms with Crippen molar-refractivity contribution in [3.63, 3.8) is 0 Å². The van der Waals surface area contributed by atoms with Gasteiger partial charge in [0.15, 0.2) is 0 Å². The maximum absolute atomic E-state index is 5.55. The Kier molecular flexibility index (Phi) is 48.7. The zero-order chi connectivity index (χ0) is 14.7. The molecule has 0 spiro atoms. The maximum atomic E-state index is 5.55. The van der Waals surface area contributed by atoms with Crippen LogP contribution in [0.3, 0.4) is 0 Å². The predicted molar refractivity (Wildman–Crippen MR) is 115 cm³/mol. The van der Waals surface area contributed by atoms with Crippen LogP contribution in [0, 0.1) is 6.92 Å². The van der Waals surface area contributed by atoms with Gasteiger partial charge in [0.25, 0.3) is 0 Å². The fourth-order valence-electron chi connectivity index (χ4n) is 1.10. The number of halogens is 3. The Morgan fingerprint density at radius 1 is 0.792 bits per heavy atom. The van der Waals surface area contributed by atoms with E-state index in [-0.39, 0.29) is 70.3 Å². The summed E-state index contributed by atoms with van der Waals surface area (Å²) in [6.07, 6.45) is 2.09. The van der Waals surface area contributed by atoms with E-state index in [0.717, 1.165) is 10.0 Å². The van der Waals surface area contributed by atoms with Gasteiger partial charge in [-0.15, -0.1) is 11.8 Å². The summed E-state index contributed by atoms with van der Waals surface area (Å²) in [5.74, 6) is 0. The Hall–Kier alpha value is 3.01. The molecule has 0 aromatic heterocycles. The quantitative estimate of drug-likeness (QED) is 0.441. The van der Waals surface area contributed by atoms with E-state index in [2.05, 4.69) is 37.4 Å². The third-order valence-electron chi connectivity index (χ3n) is 2.06. The van der Waals surface area contributed by atoms with Crippen molar-refractivity contribution in [1.29, 1.82) is 0 Å². The van der Waals surface area contributed by atoms with Crippen molar-refractivity contribution in [3.8, 4) is 0 Å². The van der Waals surface area contributed by atoms with Crippen LogP contribution in [0.25, 0.3) is 0 Å². The summed E-state index contributed by atoms with van der Waals surface area (Å²) < 4.78 is 0. The van der Waals surface area contributed by atoms with Gasteiger partial charge in [-0.1, -0.05) is 55.8 Å². The summed E-state index contributed by atoms with van der Waals surface area (Å²) in [5, 5.41) is 1.43. The molecular weight excluding hydrogens is 432 g/mol. The molecule has 2 aromatic carbocycles. The van der Waals surface area contributed by atoms with Crippen molar-refractivity contribution in [2.45, 2.75) is 26.7 Å². The molecule has 8 heteroatoms. The molecule has 0 aliphatic carbocycles. The molecule has 0 aliphatic rings. The fraction of sp³-hybridized carbons (Fsp3) is 0.250. The number of rotatable bonds is 1. The van der Waals surface area contributed by atoms with Gasteiger partial charge in [-0.25, -0.2) is 0 Å². The topological polar surface area (TPSA) is 0 Å². The van der Waals surface area contributed by atoms with E-state index in [1.807, 2.05) is 0 Å². The normalized spacial score (nSPS) is 7.00. The zero-order valence-electron chi connectivity index (χ0n) is 13.7. The summed E-state index contributed by atoms with van der Waals surface area (Å²) in [6.45, 7) is 2.10. The molecule has 0 radical (unpaired) electrons. The van der Waals surface area contributed by atoms with E-state index in [1.165, 1.54) is 54.1 Å². The molecule has 0 saturated carbocycles. The van der Waals surface area contributed by atoms with Crippen LogP contribution in [-0.4, -0.2) is 49.9 Å². The molecule has 0 amide bonds. The number of hydrogen-bond acceptors (Lipinski definition) is 1. The van der Waals surface area contributed by atoms with E-state index >= 15 is 0 Å². The average Bonchev–Trinajstić information content (AvgIpc) is 2.46. The molecule has 24 heavy (non-hydrogen) atoms. The Bertz CT molecular complexity index is 434. The van der Waals surface area contributed by atoms with Crippen molar-refractivity contribution >= 4 is 92.1 Å². The second-order valence-corrected chi connectivity index (χ2v) is 5.21. The molecule has 2 aromatic rings. The molecule has 0 aliphatic heterocycles. The van der Waals surface area contributed by atoms with E-state index < -0.39 is 0 Å². The van der Waals surface area contributed by atoms with Gasteiger partial charge < -0.3 is 12.4 Å². The Balaban J connectivity index is -0.0000000515. The molecule has 0 unspecified atom stereocenters. The first-order valence-electron chi connectivity index (χ1n) is 6.13. The summed E-state index contributed by atoms with van der Waals surface area (Å²) in [5.41, 5.74) is 1.33. The summed E-state index contributed by atoms with van der Waals surface area (Å²) in [4.78, 5) is 1.33. The van der Waals surface area contributed by atoms with E-state index in [4.69, 9.17) is 23.2 Å². The van der Waals surface area contributed by atoms with Gasteiger partial charge in [0.05, 0.1) is 0 Å². The van der Waals surface area contributed by atoms with Gasteiger partial charge in [-0.2, -0.15) is 13.5 Å². The van der Waals surface area contributed by atoms with E-state index in [0.29, 0.717) is 0 Å². The van der Waals surface area contributed by atoms with E-state index in [1.54, 1.807) is 36.0 Å². The first-order valence-corrected chi connectivity index (χ1v) is 16.1. The third-order valence-corrected chi connectivity index (χ3v) is 3.31. The molecule has 2 rings (SSSR count). The number of benzene rings is 2. The molecule has 0 atom stereocenters. The summed E-state index contributed by atoms with van der Waals surface area (Å²) in [7, 11) is 0. The van der Waals surface area contributed by atoms with Crippen LogP contribution in [0.1, 0.15) is 20.4 Å². The second kappa shape index (κ2) is 28.2. The predicted octanol–water partition coefficient (Wildman–Crippen LogP) is 0.342. The molecule has 0 heterocycles. The minimum atomic E-state index is 0. The molecule has 124 valence electrons. The van der Waals surface area contributed by atoms with Crippen molar-refractivity contribution in [2.75, 3.05) is 6.26 Å². The second-order valence-electron chi connectivity index (χ2n) is 3.45. The van der Waals surface area contributed by atoms with Crippen LogP contribution in [-0.2, 0) is 0 Å². The first-order chi connectivity index (χ1) is 9.11. The van der Waals surface area contributed by atoms with Crippen LogP contribution in [0.15, 0.2) is 53.4 Å². The summed E-state index contributed by atoms with van der Waals surface area (Å²) >= 11 is 15.8. The Labute approximate surface area is 227 Å². The molecule has 0 fully saturated rings. The SMILES string of the molecule is C.C.CSc1ccc(C)cc1.Clc1ccc(Cl)cc1.S.[Cl-].[Na+].[Na][Na]. The van der Waals surface area contributed by atoms with Crippen molar-refractivity contribution < 1.29 is 42.0 Å². The van der Waals surface area contributed by atoms with Gasteiger partial charge in [-0.05, 0) is 49.6 Å². The fourth-order valence-corrected chi connectivity index (χ4v) is 1.76. The minimum absolute atomic E-state index is 0. The average molecular weight is 456 g/mol. The molecule has 0 bridgehead atoms. The van der Waals surface area contributed by atoms with Crippen LogP contribution in [0.5, 0.6) is 0 Å². The number of thioether (sulfide) groups is 1. The van der Waals surface area contributed by atoms with Crippen molar-refractivity contribution in [3.05, 3.63) is 64.1 Å². The molecular formula is C16H24Cl3Na3S2. The third kappa shape index (κ3) is 23.0. The van der Waals surface area contributed by atoms with Crippen molar-refractivity contribution in [1.82, 2.24) is 0 Å². The van der Waals surface area contributed by atoms with Gasteiger partial charge >= 0.3 is 73.2 Å². The van der Waals surface area contributed by atoms with E-state index in [9.17, 15) is 0 Å². The number of hydrogen-bond donors (Lipinski definition) is 0. The summed E-state index contributed by atoms with van der Waals surface area (Å²) in [6, 6.07) is 15.6. The molecule has 0 N–H and O–H groups in total. The Morgan fingerprint density at radius 2 is 1.08 bits per heavy atom. The van der Waals surface area contributed by atoms with Crippen LogP contribution in [0.2, 0.25) is 10.0 Å². The monoisotopic (exact) mass is 454 g/mol. The van der Waals surface area contributed by atoms with Crippen molar-refractivity contribution in [2.24, 2.45) is 0 Å². The standard InChI is InChI=1S/C8H10S.C6H4Cl2.2CH4.ClH.3Na.H2S/c1-7-3-5-8(9-2)6-4-7;7-5-1-2-6(8)4-3-5;;;;;;;/h3-6H,1-2H3;1-4H;2*1H4;1H;;;;1H2/q;;;;;;;+1;/p-1. The van der Waals surface area contributed by atoms with Crippen LogP contribution >= 0.6 is 48.5 Å². The van der Waals surface area contributed by atoms with Gasteiger partial charge in [-0.3, -0.25) is 0 Å². The van der Waals surface area contributed by atoms with Gasteiger partial charge in [0.2, 0.25) is 0 Å². The Morgan fingerprint density at radius 3 is 1.33 bits per heavy atom.